The summed E-state index contributed by atoms with van der Waals surface area (Å²) in [6.45, 7) is 1.94. The second-order valence-corrected chi connectivity index (χ2v) is 5.35. The molecule has 0 aliphatic carbocycles. The van der Waals surface area contributed by atoms with Crippen molar-refractivity contribution in [3.8, 4) is 0 Å². The summed E-state index contributed by atoms with van der Waals surface area (Å²) in [7, 11) is 0. The van der Waals surface area contributed by atoms with Crippen molar-refractivity contribution >= 4 is 28.8 Å². The molecule has 0 saturated heterocycles. The smallest absolute Gasteiger partial charge is 0.335 e. The molecule has 1 heterocycles. The number of hydrogen-bond donors (Lipinski definition) is 3. The standard InChI is InChI=1S/C18H15N3O3/c1-11-3-2-4-13-9-14(17(22)20-16(11)13)10-19-21-15-7-5-12(6-8-15)18(23)24/h2-10,21H,1H3,(H,20,22)(H,23,24)/b19-10-. The number of para-hydroxylation sites is 1. The minimum absolute atomic E-state index is 0.200. The van der Waals surface area contributed by atoms with Crippen molar-refractivity contribution in [2.24, 2.45) is 5.10 Å². The van der Waals surface area contributed by atoms with Crippen LogP contribution in [0, 0.1) is 6.92 Å². The van der Waals surface area contributed by atoms with E-state index in [-0.39, 0.29) is 11.1 Å². The molecule has 0 saturated carbocycles. The molecule has 2 aromatic carbocycles. The van der Waals surface area contributed by atoms with Crippen molar-refractivity contribution in [3.05, 3.63) is 75.6 Å². The first-order valence-electron chi connectivity index (χ1n) is 7.30. The van der Waals surface area contributed by atoms with E-state index in [4.69, 9.17) is 5.11 Å². The molecule has 0 aliphatic heterocycles. The zero-order valence-corrected chi connectivity index (χ0v) is 12.9. The molecule has 0 unspecified atom stereocenters. The number of aryl methyl sites for hydroxylation is 1. The maximum absolute atomic E-state index is 12.1. The molecule has 1 aromatic heterocycles. The molecular weight excluding hydrogens is 306 g/mol. The molecule has 0 atom stereocenters. The van der Waals surface area contributed by atoms with Gasteiger partial charge in [-0.1, -0.05) is 18.2 Å². The SMILES string of the molecule is Cc1cccc2cc(/C=N\Nc3ccc(C(=O)O)cc3)c(=O)[nH]c12. The highest BCUT2D eigenvalue weighted by atomic mass is 16.4. The number of aromatic carboxylic acids is 1. The third-order valence-electron chi connectivity index (χ3n) is 3.65. The van der Waals surface area contributed by atoms with Gasteiger partial charge in [0.05, 0.1) is 28.5 Å². The lowest BCUT2D eigenvalue weighted by molar-refractivity contribution is 0.0697. The molecule has 24 heavy (non-hydrogen) atoms. The molecule has 0 radical (unpaired) electrons. The third-order valence-corrected chi connectivity index (χ3v) is 3.65. The fourth-order valence-electron chi connectivity index (χ4n) is 2.36. The molecule has 3 rings (SSSR count). The monoisotopic (exact) mass is 321 g/mol. The average Bonchev–Trinajstić information content (AvgIpc) is 2.57. The van der Waals surface area contributed by atoms with Crippen LogP contribution < -0.4 is 11.0 Å². The zero-order valence-electron chi connectivity index (χ0n) is 12.9. The second kappa shape index (κ2) is 6.37. The van der Waals surface area contributed by atoms with Crippen LogP contribution in [0.1, 0.15) is 21.5 Å². The third kappa shape index (κ3) is 3.17. The number of pyridine rings is 1. The highest BCUT2D eigenvalue weighted by Gasteiger charge is 2.03. The predicted molar refractivity (Wildman–Crippen MR) is 93.9 cm³/mol. The number of nitrogens with zero attached hydrogens (tertiary/aromatic N) is 1. The van der Waals surface area contributed by atoms with Crippen molar-refractivity contribution < 1.29 is 9.90 Å². The van der Waals surface area contributed by atoms with Crippen LogP contribution in [0.4, 0.5) is 5.69 Å². The quantitative estimate of drug-likeness (QED) is 0.508. The van der Waals surface area contributed by atoms with Crippen LogP contribution in [-0.4, -0.2) is 22.3 Å². The Labute approximate surface area is 137 Å². The Morgan fingerprint density at radius 1 is 1.21 bits per heavy atom. The van der Waals surface area contributed by atoms with Gasteiger partial charge >= 0.3 is 5.97 Å². The lowest BCUT2D eigenvalue weighted by Crippen LogP contribution is -2.12. The first-order valence-corrected chi connectivity index (χ1v) is 7.30. The highest BCUT2D eigenvalue weighted by Crippen LogP contribution is 2.14. The van der Waals surface area contributed by atoms with Gasteiger partial charge in [-0.2, -0.15) is 5.10 Å². The zero-order chi connectivity index (χ0) is 17.1. The lowest BCUT2D eigenvalue weighted by Gasteiger charge is -2.03. The normalized spacial score (nSPS) is 11.0. The number of hydrazone groups is 1. The maximum atomic E-state index is 12.1. The van der Waals surface area contributed by atoms with Gasteiger partial charge in [0.15, 0.2) is 0 Å². The summed E-state index contributed by atoms with van der Waals surface area (Å²) in [6, 6.07) is 13.7. The predicted octanol–water partition coefficient (Wildman–Crippen LogP) is 2.98. The minimum atomic E-state index is -0.983. The number of carbonyl (C=O) groups is 1. The molecule has 0 spiro atoms. The van der Waals surface area contributed by atoms with E-state index >= 15 is 0 Å². The van der Waals surface area contributed by atoms with Gasteiger partial charge in [-0.3, -0.25) is 10.2 Å². The van der Waals surface area contributed by atoms with E-state index in [0.29, 0.717) is 11.3 Å². The number of benzene rings is 2. The number of anilines is 1. The van der Waals surface area contributed by atoms with Crippen molar-refractivity contribution in [2.75, 3.05) is 5.43 Å². The Kier molecular flexibility index (Phi) is 4.11. The Morgan fingerprint density at radius 3 is 2.67 bits per heavy atom. The van der Waals surface area contributed by atoms with Crippen LogP contribution in [0.25, 0.3) is 10.9 Å². The second-order valence-electron chi connectivity index (χ2n) is 5.35. The van der Waals surface area contributed by atoms with Gasteiger partial charge in [-0.05, 0) is 48.2 Å². The van der Waals surface area contributed by atoms with Gasteiger partial charge < -0.3 is 10.1 Å². The van der Waals surface area contributed by atoms with Crippen LogP contribution in [0.2, 0.25) is 0 Å². The molecule has 120 valence electrons. The van der Waals surface area contributed by atoms with Crippen molar-refractivity contribution in [1.82, 2.24) is 4.98 Å². The Bertz CT molecular complexity index is 989. The van der Waals surface area contributed by atoms with E-state index in [1.807, 2.05) is 25.1 Å². The minimum Gasteiger partial charge on any atom is -0.478 e. The lowest BCUT2D eigenvalue weighted by atomic mass is 10.1. The number of aromatic amines is 1. The molecule has 0 aliphatic rings. The van der Waals surface area contributed by atoms with Crippen LogP contribution in [0.5, 0.6) is 0 Å². The number of carboxylic acid groups (broad SMARTS) is 1. The Morgan fingerprint density at radius 2 is 1.96 bits per heavy atom. The van der Waals surface area contributed by atoms with Gasteiger partial charge in [0.2, 0.25) is 0 Å². The molecule has 0 bridgehead atoms. The summed E-state index contributed by atoms with van der Waals surface area (Å²) in [5.74, 6) is -0.983. The molecule has 3 N–H and O–H groups in total. The number of hydrogen-bond acceptors (Lipinski definition) is 4. The van der Waals surface area contributed by atoms with Gasteiger partial charge in [-0.25, -0.2) is 4.79 Å². The summed E-state index contributed by atoms with van der Waals surface area (Å²) in [5, 5.41) is 13.8. The number of fused-ring (bicyclic) bond motifs is 1. The molecule has 6 nitrogen and oxygen atoms in total. The fraction of sp³-hybridized carbons (Fsp3) is 0.0556. The molecule has 3 aromatic rings. The van der Waals surface area contributed by atoms with Crippen LogP contribution >= 0.6 is 0 Å². The van der Waals surface area contributed by atoms with Crippen LogP contribution in [0.3, 0.4) is 0 Å². The van der Waals surface area contributed by atoms with E-state index in [0.717, 1.165) is 16.5 Å². The van der Waals surface area contributed by atoms with Crippen molar-refractivity contribution in [3.63, 3.8) is 0 Å². The molecular formula is C18H15N3O3. The van der Waals surface area contributed by atoms with Gasteiger partial charge in [0.1, 0.15) is 0 Å². The first kappa shape index (κ1) is 15.5. The molecule has 0 fully saturated rings. The number of H-pyrrole nitrogens is 1. The van der Waals surface area contributed by atoms with Crippen LogP contribution in [0.15, 0.2) is 58.4 Å². The van der Waals surface area contributed by atoms with E-state index in [1.54, 1.807) is 18.2 Å². The molecule has 6 heteroatoms. The number of nitrogens with one attached hydrogen (secondary N) is 2. The first-order chi connectivity index (χ1) is 11.5. The van der Waals surface area contributed by atoms with Crippen LogP contribution in [-0.2, 0) is 0 Å². The van der Waals surface area contributed by atoms with E-state index in [2.05, 4.69) is 15.5 Å². The van der Waals surface area contributed by atoms with E-state index < -0.39 is 5.97 Å². The number of carboxylic acids is 1. The van der Waals surface area contributed by atoms with E-state index in [1.165, 1.54) is 18.3 Å². The highest BCUT2D eigenvalue weighted by molar-refractivity contribution is 5.89. The van der Waals surface area contributed by atoms with Crippen molar-refractivity contribution in [1.29, 1.82) is 0 Å². The summed E-state index contributed by atoms with van der Waals surface area (Å²) >= 11 is 0. The Balaban J connectivity index is 1.81. The van der Waals surface area contributed by atoms with Gasteiger partial charge in [-0.15, -0.1) is 0 Å². The van der Waals surface area contributed by atoms with E-state index in [9.17, 15) is 9.59 Å². The maximum Gasteiger partial charge on any atom is 0.335 e. The number of rotatable bonds is 4. The largest absolute Gasteiger partial charge is 0.478 e. The Hall–Kier alpha value is -3.41. The topological polar surface area (TPSA) is 94.5 Å². The summed E-state index contributed by atoms with van der Waals surface area (Å²) < 4.78 is 0. The van der Waals surface area contributed by atoms with Gasteiger partial charge in [0, 0.05) is 0 Å². The summed E-state index contributed by atoms with van der Waals surface area (Å²) in [4.78, 5) is 25.8. The molecule has 0 amide bonds. The number of aromatic nitrogens is 1. The summed E-state index contributed by atoms with van der Waals surface area (Å²) in [6.07, 6.45) is 1.44. The van der Waals surface area contributed by atoms with Crippen molar-refractivity contribution in [2.45, 2.75) is 6.92 Å². The van der Waals surface area contributed by atoms with Gasteiger partial charge in [0.25, 0.3) is 5.56 Å². The average molecular weight is 321 g/mol. The summed E-state index contributed by atoms with van der Waals surface area (Å²) in [5.41, 5.74) is 5.63. The fourth-order valence-corrected chi connectivity index (χ4v) is 2.36.